The Morgan fingerprint density at radius 3 is 2.45 bits per heavy atom. The minimum absolute atomic E-state index is 0.129. The summed E-state index contributed by atoms with van der Waals surface area (Å²) >= 11 is 0. The second-order valence-electron chi connectivity index (χ2n) is 6.90. The van der Waals surface area contributed by atoms with E-state index < -0.39 is 17.9 Å². The van der Waals surface area contributed by atoms with Crippen LogP contribution in [0.4, 0.5) is 25.4 Å². The number of aromatic nitrogens is 1. The summed E-state index contributed by atoms with van der Waals surface area (Å²) in [7, 11) is 1.29. The van der Waals surface area contributed by atoms with Crippen molar-refractivity contribution < 1.29 is 28.2 Å². The minimum atomic E-state index is -0.602. The average Bonchev–Trinajstić information content (AvgIpc) is 2.69. The number of hydrogen-bond donors (Lipinski definition) is 2. The summed E-state index contributed by atoms with van der Waals surface area (Å²) in [5.74, 6) is -0.473. The van der Waals surface area contributed by atoms with Gasteiger partial charge in [0.1, 0.15) is 18.9 Å². The van der Waals surface area contributed by atoms with Crippen LogP contribution in [0, 0.1) is 12.7 Å². The third-order valence-corrected chi connectivity index (χ3v) is 4.62. The molecule has 0 bridgehead atoms. The molecule has 3 rings (SSSR count). The number of benzene rings is 1. The lowest BCUT2D eigenvalue weighted by molar-refractivity contribution is -1.02. The Labute approximate surface area is 168 Å². The van der Waals surface area contributed by atoms with Crippen LogP contribution in [-0.4, -0.2) is 42.0 Å². The van der Waals surface area contributed by atoms with Gasteiger partial charge in [0.15, 0.2) is 5.75 Å². The van der Waals surface area contributed by atoms with Gasteiger partial charge in [-0.25, -0.2) is 9.18 Å². The molecule has 0 radical (unpaired) electrons. The number of likely N-dealkylation sites (tertiary alicyclic amines) is 1. The molecule has 3 amide bonds. The number of anilines is 2. The Bertz CT molecular complexity index is 883. The second kappa shape index (κ2) is 8.87. The Hall–Kier alpha value is -3.20. The molecule has 0 unspecified atom stereocenters. The second-order valence-corrected chi connectivity index (χ2v) is 6.90. The van der Waals surface area contributed by atoms with Gasteiger partial charge in [0.25, 0.3) is 0 Å². The zero-order valence-corrected chi connectivity index (χ0v) is 16.4. The first-order valence-electron chi connectivity index (χ1n) is 9.37. The lowest BCUT2D eigenvalue weighted by atomic mass is 10.1. The number of quaternary nitrogens is 1. The first kappa shape index (κ1) is 20.5. The average molecular weight is 403 g/mol. The summed E-state index contributed by atoms with van der Waals surface area (Å²) in [5.41, 5.74) is 1.52. The Balaban J connectivity index is 1.74. The number of piperidine rings is 1. The molecule has 1 aliphatic rings. The summed E-state index contributed by atoms with van der Waals surface area (Å²) in [4.78, 5) is 34.5. The summed E-state index contributed by atoms with van der Waals surface area (Å²) in [6.45, 7) is 2.71. The standard InChI is InChI=1S/C20H23FN4O4/c1-14-6-7-16(13-22-14)23-19(26)24-17-10-15(21)11-18(12-17)29-25(20(27)28-2)8-4-3-5-9-25/h6-7,10-13H,3-5,8-9H2,1-2H3,(H-,23,24,26)/p+1. The van der Waals surface area contributed by atoms with Crippen LogP contribution < -0.4 is 15.5 Å². The third-order valence-electron chi connectivity index (χ3n) is 4.62. The highest BCUT2D eigenvalue weighted by Crippen LogP contribution is 2.28. The maximum atomic E-state index is 14.1. The van der Waals surface area contributed by atoms with E-state index >= 15 is 0 Å². The van der Waals surface area contributed by atoms with Crippen LogP contribution in [-0.2, 0) is 4.74 Å². The van der Waals surface area contributed by atoms with Crippen LogP contribution in [0.2, 0.25) is 0 Å². The van der Waals surface area contributed by atoms with E-state index in [1.807, 2.05) is 6.92 Å². The number of urea groups is 1. The van der Waals surface area contributed by atoms with Crippen LogP contribution in [0.1, 0.15) is 25.0 Å². The van der Waals surface area contributed by atoms with Gasteiger partial charge in [-0.1, -0.05) is 0 Å². The molecular formula is C20H24FN4O4+. The van der Waals surface area contributed by atoms with Crippen molar-refractivity contribution in [1.29, 1.82) is 0 Å². The van der Waals surface area contributed by atoms with E-state index in [-0.39, 0.29) is 16.1 Å². The predicted octanol–water partition coefficient (Wildman–Crippen LogP) is 4.23. The number of hydroxylamine groups is 3. The highest BCUT2D eigenvalue weighted by Gasteiger charge is 2.43. The SMILES string of the molecule is COC(=O)[N+]1(Oc2cc(F)cc(NC(=O)Nc3ccc(C)nc3)c2)CCCCC1. The Kier molecular flexibility index (Phi) is 6.28. The van der Waals surface area contributed by atoms with Crippen molar-refractivity contribution in [3.63, 3.8) is 0 Å². The number of halogens is 1. The molecule has 2 heterocycles. The van der Waals surface area contributed by atoms with Crippen molar-refractivity contribution in [3.8, 4) is 5.75 Å². The monoisotopic (exact) mass is 403 g/mol. The van der Waals surface area contributed by atoms with E-state index in [1.54, 1.807) is 12.1 Å². The van der Waals surface area contributed by atoms with Crippen molar-refractivity contribution in [2.45, 2.75) is 26.2 Å². The number of hydrogen-bond acceptors (Lipinski definition) is 5. The van der Waals surface area contributed by atoms with Gasteiger partial charge in [0.05, 0.1) is 19.0 Å². The topological polar surface area (TPSA) is 89.5 Å². The molecule has 0 spiro atoms. The molecule has 154 valence electrons. The number of pyridine rings is 1. The smallest absolute Gasteiger partial charge is 0.421 e. The van der Waals surface area contributed by atoms with Gasteiger partial charge in [-0.05, 0) is 36.2 Å². The van der Waals surface area contributed by atoms with E-state index in [0.717, 1.165) is 25.0 Å². The molecule has 1 aromatic heterocycles. The van der Waals surface area contributed by atoms with Gasteiger partial charge in [-0.3, -0.25) is 4.98 Å². The van der Waals surface area contributed by atoms with Gasteiger partial charge < -0.3 is 20.2 Å². The van der Waals surface area contributed by atoms with Crippen molar-refractivity contribution in [2.75, 3.05) is 30.8 Å². The quantitative estimate of drug-likeness (QED) is 0.746. The lowest BCUT2D eigenvalue weighted by Crippen LogP contribution is -2.58. The largest absolute Gasteiger partial charge is 0.558 e. The predicted molar refractivity (Wildman–Crippen MR) is 105 cm³/mol. The van der Waals surface area contributed by atoms with Crippen molar-refractivity contribution >= 4 is 23.5 Å². The summed E-state index contributed by atoms with van der Waals surface area (Å²) in [6, 6.07) is 6.72. The highest BCUT2D eigenvalue weighted by molar-refractivity contribution is 5.99. The first-order chi connectivity index (χ1) is 13.9. The van der Waals surface area contributed by atoms with Crippen LogP contribution in [0.15, 0.2) is 36.5 Å². The molecule has 1 saturated heterocycles. The molecule has 0 saturated carbocycles. The van der Waals surface area contributed by atoms with E-state index in [9.17, 15) is 14.0 Å². The van der Waals surface area contributed by atoms with Crippen molar-refractivity contribution in [2.24, 2.45) is 0 Å². The van der Waals surface area contributed by atoms with Gasteiger partial charge in [-0.15, -0.1) is 0 Å². The van der Waals surface area contributed by atoms with Gasteiger partial charge in [0, 0.05) is 36.4 Å². The summed E-state index contributed by atoms with van der Waals surface area (Å²) < 4.78 is 18.7. The fourth-order valence-corrected chi connectivity index (χ4v) is 3.23. The van der Waals surface area contributed by atoms with Crippen LogP contribution in [0.5, 0.6) is 5.75 Å². The van der Waals surface area contributed by atoms with E-state index in [2.05, 4.69) is 15.6 Å². The van der Waals surface area contributed by atoms with E-state index in [0.29, 0.717) is 18.8 Å². The number of methoxy groups -OCH3 is 1. The molecule has 0 aliphatic carbocycles. The van der Waals surface area contributed by atoms with Crippen molar-refractivity contribution in [3.05, 3.63) is 48.0 Å². The number of amides is 3. The maximum absolute atomic E-state index is 14.1. The van der Waals surface area contributed by atoms with E-state index in [4.69, 9.17) is 9.57 Å². The normalized spacial score (nSPS) is 15.3. The fraction of sp³-hybridized carbons (Fsp3) is 0.350. The molecule has 2 N–H and O–H groups in total. The first-order valence-corrected chi connectivity index (χ1v) is 9.37. The molecule has 8 nitrogen and oxygen atoms in total. The zero-order chi connectivity index (χ0) is 20.9. The third kappa shape index (κ3) is 5.20. The van der Waals surface area contributed by atoms with Gasteiger partial charge in [0.2, 0.25) is 0 Å². The highest BCUT2D eigenvalue weighted by atomic mass is 19.1. The van der Waals surface area contributed by atoms with Crippen molar-refractivity contribution in [1.82, 2.24) is 4.98 Å². The number of nitrogens with zero attached hydrogens (tertiary/aromatic N) is 2. The number of carbonyl (C=O) groups excluding carboxylic acids is 2. The van der Waals surface area contributed by atoms with Gasteiger partial charge >= 0.3 is 12.1 Å². The van der Waals surface area contributed by atoms with E-state index in [1.165, 1.54) is 31.5 Å². The number of nitrogens with one attached hydrogen (secondary N) is 2. The molecule has 1 aromatic carbocycles. The molecule has 29 heavy (non-hydrogen) atoms. The molecule has 2 aromatic rings. The maximum Gasteiger partial charge on any atom is 0.558 e. The minimum Gasteiger partial charge on any atom is -0.421 e. The molecule has 1 aliphatic heterocycles. The zero-order valence-electron chi connectivity index (χ0n) is 16.4. The Morgan fingerprint density at radius 1 is 1.07 bits per heavy atom. The molecule has 9 heteroatoms. The number of aryl methyl sites for hydroxylation is 1. The number of rotatable bonds is 4. The van der Waals surface area contributed by atoms with Crippen LogP contribution >= 0.6 is 0 Å². The number of carbonyl (C=O) groups is 2. The van der Waals surface area contributed by atoms with Crippen LogP contribution in [0.25, 0.3) is 0 Å². The summed E-state index contributed by atoms with van der Waals surface area (Å²) in [6.07, 6.45) is 3.57. The Morgan fingerprint density at radius 2 is 1.79 bits per heavy atom. The number of ether oxygens (including phenoxy) is 1. The molecular weight excluding hydrogens is 379 g/mol. The van der Waals surface area contributed by atoms with Crippen LogP contribution in [0.3, 0.4) is 0 Å². The van der Waals surface area contributed by atoms with Gasteiger partial charge in [-0.2, -0.15) is 4.79 Å². The summed E-state index contributed by atoms with van der Waals surface area (Å²) in [5, 5.41) is 5.18. The lowest BCUT2D eigenvalue weighted by Gasteiger charge is -2.34. The molecule has 1 fully saturated rings. The fourth-order valence-electron chi connectivity index (χ4n) is 3.23. The molecule has 0 atom stereocenters.